The minimum atomic E-state index is -0.222. The molecule has 1 fully saturated rings. The van der Waals surface area contributed by atoms with E-state index in [1.54, 1.807) is 0 Å². The Hall–Kier alpha value is -3.00. The van der Waals surface area contributed by atoms with Crippen LogP contribution < -0.4 is 5.32 Å². The average molecular weight is 479 g/mol. The van der Waals surface area contributed by atoms with Crippen LogP contribution in [0.4, 0.5) is 4.79 Å². The maximum absolute atomic E-state index is 12.5. The van der Waals surface area contributed by atoms with E-state index in [-0.39, 0.29) is 12.0 Å². The summed E-state index contributed by atoms with van der Waals surface area (Å²) in [6, 6.07) is 14.2. The van der Waals surface area contributed by atoms with Crippen LogP contribution >= 0.6 is 12.0 Å². The topological polar surface area (TPSA) is 76.5 Å². The van der Waals surface area contributed by atoms with Crippen molar-refractivity contribution in [3.8, 4) is 11.4 Å². The molecule has 0 bridgehead atoms. The van der Waals surface area contributed by atoms with Crippen LogP contribution in [0.5, 0.6) is 0 Å². The number of hydrogen-bond acceptors (Lipinski definition) is 5. The van der Waals surface area contributed by atoms with Gasteiger partial charge in [-0.2, -0.15) is 0 Å². The molecule has 2 aromatic carbocycles. The first-order valence-electron chi connectivity index (χ1n) is 12.1. The summed E-state index contributed by atoms with van der Waals surface area (Å²) in [7, 11) is 0. The second-order valence-electron chi connectivity index (χ2n) is 8.95. The number of nitrogens with zero attached hydrogens (tertiary/aromatic N) is 3. The molecular weight excluding hydrogens is 448 g/mol. The van der Waals surface area contributed by atoms with Crippen LogP contribution in [0.1, 0.15) is 54.4 Å². The lowest BCUT2D eigenvalue weighted by Crippen LogP contribution is -2.38. The van der Waals surface area contributed by atoms with Crippen molar-refractivity contribution in [3.05, 3.63) is 53.6 Å². The number of benzene rings is 2. The zero-order chi connectivity index (χ0) is 23.5. The van der Waals surface area contributed by atoms with Gasteiger partial charge in [-0.15, -0.1) is 0 Å². The third kappa shape index (κ3) is 4.51. The molecule has 1 unspecified atom stereocenters. The summed E-state index contributed by atoms with van der Waals surface area (Å²) in [5, 5.41) is 2.97. The van der Waals surface area contributed by atoms with Gasteiger partial charge in [0, 0.05) is 43.4 Å². The van der Waals surface area contributed by atoms with Gasteiger partial charge in [-0.25, -0.2) is 9.78 Å². The van der Waals surface area contributed by atoms with Crippen LogP contribution in [0.25, 0.3) is 22.4 Å². The summed E-state index contributed by atoms with van der Waals surface area (Å²) in [6.45, 7) is 4.83. The Labute approximate surface area is 204 Å². The zero-order valence-electron chi connectivity index (χ0n) is 19.5. The largest absolute Gasteiger partial charge is 0.421 e. The van der Waals surface area contributed by atoms with Crippen LogP contribution in [0.3, 0.4) is 0 Å². The fourth-order valence-electron chi connectivity index (χ4n) is 4.85. The molecule has 1 atom stereocenters. The molecule has 178 valence electrons. The van der Waals surface area contributed by atoms with Crippen molar-refractivity contribution in [2.24, 2.45) is 0 Å². The number of aromatic nitrogens is 2. The van der Waals surface area contributed by atoms with Crippen molar-refractivity contribution in [2.75, 3.05) is 25.4 Å². The number of unbranched alkanes of at least 4 members (excludes halogenated alkanes) is 1. The first-order chi connectivity index (χ1) is 16.7. The molecule has 2 aliphatic heterocycles. The van der Waals surface area contributed by atoms with Crippen molar-refractivity contribution in [2.45, 2.75) is 45.1 Å². The zero-order valence-corrected chi connectivity index (χ0v) is 20.3. The Morgan fingerprint density at radius 2 is 2.06 bits per heavy atom. The summed E-state index contributed by atoms with van der Waals surface area (Å²) in [4.78, 5) is 31.6. The monoisotopic (exact) mass is 478 g/mol. The second kappa shape index (κ2) is 10.1. The van der Waals surface area contributed by atoms with Crippen LogP contribution in [0.15, 0.2) is 42.5 Å². The molecular formula is C26H30N4O3S. The second-order valence-corrected chi connectivity index (χ2v) is 9.76. The molecule has 0 aliphatic carbocycles. The van der Waals surface area contributed by atoms with Crippen molar-refractivity contribution in [3.63, 3.8) is 0 Å². The van der Waals surface area contributed by atoms with Crippen LogP contribution in [-0.2, 0) is 10.7 Å². The molecule has 1 N–H and O–H groups in total. The average Bonchev–Trinajstić information content (AvgIpc) is 3.16. The Bertz CT molecular complexity index is 1190. The van der Waals surface area contributed by atoms with E-state index < -0.39 is 0 Å². The number of rotatable bonds is 6. The fourth-order valence-corrected chi connectivity index (χ4v) is 5.55. The van der Waals surface area contributed by atoms with E-state index in [4.69, 9.17) is 9.17 Å². The van der Waals surface area contributed by atoms with Crippen molar-refractivity contribution >= 4 is 35.1 Å². The molecule has 0 spiro atoms. The highest BCUT2D eigenvalue weighted by molar-refractivity contribution is 7.95. The number of hydrogen-bond donors (Lipinski definition) is 1. The molecule has 1 saturated heterocycles. The number of likely N-dealkylation sites (tertiary alicyclic amines) is 1. The summed E-state index contributed by atoms with van der Waals surface area (Å²) < 4.78 is 7.54. The Balaban J connectivity index is 1.33. The first-order valence-corrected chi connectivity index (χ1v) is 13.0. The molecule has 3 heterocycles. The third-order valence-electron chi connectivity index (χ3n) is 6.66. The minimum Gasteiger partial charge on any atom is -0.375 e. The molecule has 2 amide bonds. The molecule has 3 aromatic rings. The van der Waals surface area contributed by atoms with Crippen LogP contribution in [-0.4, -0.2) is 51.8 Å². The molecule has 5 rings (SSSR count). The Morgan fingerprint density at radius 3 is 2.88 bits per heavy atom. The van der Waals surface area contributed by atoms with Gasteiger partial charge in [0.2, 0.25) is 0 Å². The van der Waals surface area contributed by atoms with E-state index in [1.807, 2.05) is 23.1 Å². The highest BCUT2D eigenvalue weighted by Crippen LogP contribution is 2.32. The molecule has 0 radical (unpaired) electrons. The van der Waals surface area contributed by atoms with Gasteiger partial charge in [0.15, 0.2) is 0 Å². The predicted octanol–water partition coefficient (Wildman–Crippen LogP) is 5.21. The molecule has 7 nitrogen and oxygen atoms in total. The summed E-state index contributed by atoms with van der Waals surface area (Å²) in [5.74, 6) is 1.97. The maximum Gasteiger partial charge on any atom is 0.421 e. The molecule has 8 heteroatoms. The van der Waals surface area contributed by atoms with Gasteiger partial charge in [-0.3, -0.25) is 4.79 Å². The number of piperidine rings is 1. The third-order valence-corrected chi connectivity index (χ3v) is 7.38. The van der Waals surface area contributed by atoms with Crippen molar-refractivity contribution in [1.82, 2.24) is 19.8 Å². The van der Waals surface area contributed by atoms with Gasteiger partial charge in [0.05, 0.1) is 28.6 Å². The summed E-state index contributed by atoms with van der Waals surface area (Å²) in [6.07, 6.45) is 3.96. The van der Waals surface area contributed by atoms with E-state index in [1.165, 1.54) is 17.6 Å². The number of carbonyl (C=O) groups is 2. The van der Waals surface area contributed by atoms with Gasteiger partial charge in [-0.05, 0) is 37.0 Å². The lowest BCUT2D eigenvalue weighted by Gasteiger charge is -2.32. The lowest BCUT2D eigenvalue weighted by molar-refractivity contribution is 0.0956. The normalized spacial score (nSPS) is 18.0. The molecule has 2 aliphatic rings. The predicted molar refractivity (Wildman–Crippen MR) is 135 cm³/mol. The number of para-hydroxylation sites is 1. The molecule has 0 saturated carbocycles. The summed E-state index contributed by atoms with van der Waals surface area (Å²) in [5.41, 5.74) is 4.66. The Morgan fingerprint density at radius 1 is 1.21 bits per heavy atom. The first kappa shape index (κ1) is 22.8. The van der Waals surface area contributed by atoms with E-state index in [2.05, 4.69) is 41.1 Å². The van der Waals surface area contributed by atoms with E-state index >= 15 is 0 Å². The highest BCUT2D eigenvalue weighted by atomic mass is 32.2. The van der Waals surface area contributed by atoms with Crippen LogP contribution in [0.2, 0.25) is 0 Å². The lowest BCUT2D eigenvalue weighted by atomic mass is 9.90. The van der Waals surface area contributed by atoms with E-state index in [0.717, 1.165) is 60.4 Å². The smallest absolute Gasteiger partial charge is 0.375 e. The number of amides is 2. The van der Waals surface area contributed by atoms with Gasteiger partial charge in [0.25, 0.3) is 5.91 Å². The number of carbonyl (C=O) groups excluding carboxylic acids is 2. The minimum absolute atomic E-state index is 0.0460. The van der Waals surface area contributed by atoms with Gasteiger partial charge in [-0.1, -0.05) is 43.7 Å². The van der Waals surface area contributed by atoms with Gasteiger partial charge < -0.3 is 19.0 Å². The highest BCUT2D eigenvalue weighted by Gasteiger charge is 2.26. The number of nitrogens with one attached hydrogen (secondary N) is 1. The quantitative estimate of drug-likeness (QED) is 0.389. The maximum atomic E-state index is 12.5. The van der Waals surface area contributed by atoms with Crippen LogP contribution in [0, 0.1) is 0 Å². The SMILES string of the molecule is CCCCSOC(=O)N1CCCC(c2ccc(-c3nc4cccc5c4n3CCNC5=O)cc2)C1. The molecule has 1 aromatic heterocycles. The summed E-state index contributed by atoms with van der Waals surface area (Å²) >= 11 is 1.26. The van der Waals surface area contributed by atoms with Gasteiger partial charge >= 0.3 is 6.09 Å². The van der Waals surface area contributed by atoms with Gasteiger partial charge in [0.1, 0.15) is 5.82 Å². The standard InChI is InChI=1S/C26H30N4O3S/c1-2-3-16-34-33-26(32)29-14-5-6-20(17-29)18-9-11-19(12-10-18)24-28-22-8-4-7-21-23(22)30(24)15-13-27-25(21)31/h4,7-12,20H,2-3,5-6,13-17H2,1H3,(H,27,31). The Kier molecular flexibility index (Phi) is 6.76. The fraction of sp³-hybridized carbons (Fsp3) is 0.423. The number of imidazole rings is 1. The van der Waals surface area contributed by atoms with Crippen molar-refractivity contribution < 1.29 is 13.8 Å². The van der Waals surface area contributed by atoms with Crippen molar-refractivity contribution in [1.29, 1.82) is 0 Å². The molecule has 34 heavy (non-hydrogen) atoms. The van der Waals surface area contributed by atoms with E-state index in [9.17, 15) is 9.59 Å². The van der Waals surface area contributed by atoms with E-state index in [0.29, 0.717) is 31.1 Å².